The van der Waals surface area contributed by atoms with Gasteiger partial charge in [-0.05, 0) is 46.5 Å². The molecule has 3 N–H and O–H groups in total. The number of rotatable bonds is 9. The van der Waals surface area contributed by atoms with E-state index < -0.39 is 37.8 Å². The summed E-state index contributed by atoms with van der Waals surface area (Å²) in [7, 11) is -4.23. The highest BCUT2D eigenvalue weighted by Crippen LogP contribution is 2.41. The Morgan fingerprint density at radius 1 is 0.951 bits per heavy atom. The van der Waals surface area contributed by atoms with Crippen LogP contribution in [0.5, 0.6) is 0 Å². The van der Waals surface area contributed by atoms with Gasteiger partial charge in [-0.3, -0.25) is 14.3 Å². The zero-order chi connectivity index (χ0) is 29.6. The first kappa shape index (κ1) is 29.9. The normalized spacial score (nSPS) is 13.3. The van der Waals surface area contributed by atoms with Gasteiger partial charge < -0.3 is 15.1 Å². The Hall–Kier alpha value is -4.08. The van der Waals surface area contributed by atoms with Crippen molar-refractivity contribution in [2.75, 3.05) is 6.16 Å². The van der Waals surface area contributed by atoms with Gasteiger partial charge >= 0.3 is 5.97 Å². The molecule has 6 nitrogen and oxygen atoms in total. The molecule has 210 valence electrons. The van der Waals surface area contributed by atoms with Crippen molar-refractivity contribution in [2.45, 2.75) is 38.2 Å². The molecule has 0 aliphatic rings. The van der Waals surface area contributed by atoms with Crippen molar-refractivity contribution in [3.8, 4) is 22.7 Å². The molecule has 41 heavy (non-hydrogen) atoms. The van der Waals surface area contributed by atoms with Crippen LogP contribution in [0.1, 0.15) is 60.2 Å². The summed E-state index contributed by atoms with van der Waals surface area (Å²) < 4.78 is 26.8. The third-order valence-corrected chi connectivity index (χ3v) is 7.93. The molecule has 0 saturated carbocycles. The Labute approximate surface area is 239 Å². The van der Waals surface area contributed by atoms with Crippen molar-refractivity contribution < 1.29 is 28.9 Å². The van der Waals surface area contributed by atoms with E-state index in [1.165, 1.54) is 12.1 Å². The number of pyridine rings is 1. The Bertz CT molecular complexity index is 1570. The molecule has 1 unspecified atom stereocenters. The molecule has 2 atom stereocenters. The van der Waals surface area contributed by atoms with Crippen molar-refractivity contribution in [2.24, 2.45) is 0 Å². The van der Waals surface area contributed by atoms with Gasteiger partial charge in [0.1, 0.15) is 5.82 Å². The van der Waals surface area contributed by atoms with Gasteiger partial charge in [0, 0.05) is 5.56 Å². The van der Waals surface area contributed by atoms with E-state index in [4.69, 9.17) is 10.1 Å². The minimum absolute atomic E-state index is 0.138. The smallest absolute Gasteiger partial charge is 0.305 e. The molecule has 0 fully saturated rings. The molecular formula is C33H31FNO5P. The van der Waals surface area contributed by atoms with Crippen molar-refractivity contribution >= 4 is 13.3 Å². The van der Waals surface area contributed by atoms with Crippen LogP contribution in [0.2, 0.25) is 0 Å². The summed E-state index contributed by atoms with van der Waals surface area (Å²) in [5.74, 6) is 0.791. The van der Waals surface area contributed by atoms with Crippen molar-refractivity contribution in [3.05, 3.63) is 125 Å². The van der Waals surface area contributed by atoms with Crippen molar-refractivity contribution in [1.29, 1.82) is 0 Å². The topological polar surface area (TPSA) is 108 Å². The highest BCUT2D eigenvalue weighted by molar-refractivity contribution is 7.63. The Balaban J connectivity index is 1.94. The first-order valence-corrected chi connectivity index (χ1v) is 15.0. The highest BCUT2D eigenvalue weighted by atomic mass is 31.2. The van der Waals surface area contributed by atoms with E-state index in [0.717, 1.165) is 16.8 Å². The second-order valence-corrected chi connectivity index (χ2v) is 12.1. The number of halogens is 1. The maximum absolute atomic E-state index is 13.9. The fourth-order valence-corrected chi connectivity index (χ4v) is 5.78. The number of carboxylic acid groups (broad SMARTS) is 1. The molecular weight excluding hydrogens is 540 g/mol. The molecule has 0 aliphatic heterocycles. The van der Waals surface area contributed by atoms with Gasteiger partial charge in [-0.15, -0.1) is 0 Å². The van der Waals surface area contributed by atoms with E-state index in [2.05, 4.69) is 11.6 Å². The van der Waals surface area contributed by atoms with Crippen LogP contribution in [0.3, 0.4) is 0 Å². The van der Waals surface area contributed by atoms with Crippen LogP contribution in [0.15, 0.2) is 91.0 Å². The minimum atomic E-state index is -4.23. The van der Waals surface area contributed by atoms with Crippen LogP contribution in [-0.4, -0.2) is 38.3 Å². The SMILES string of the molecule is CC(C)c1nc(C(c2ccccc2)c2ccccc2)cc(-c2ccc(F)cc2)c1C#CP(=O)(O)C[C@H](O)CC(=O)O. The predicted molar refractivity (Wildman–Crippen MR) is 157 cm³/mol. The fourth-order valence-electron chi connectivity index (χ4n) is 4.71. The van der Waals surface area contributed by atoms with E-state index in [1.54, 1.807) is 12.1 Å². The summed E-state index contributed by atoms with van der Waals surface area (Å²) in [6, 6.07) is 27.7. The van der Waals surface area contributed by atoms with E-state index in [-0.39, 0.29) is 11.8 Å². The maximum atomic E-state index is 13.9. The van der Waals surface area contributed by atoms with E-state index >= 15 is 0 Å². The largest absolute Gasteiger partial charge is 0.481 e. The molecule has 1 aromatic heterocycles. The number of benzene rings is 3. The predicted octanol–water partition coefficient (Wildman–Crippen LogP) is 6.61. The first-order chi connectivity index (χ1) is 19.5. The number of hydrogen-bond acceptors (Lipinski definition) is 4. The van der Waals surface area contributed by atoms with Gasteiger partial charge in [0.15, 0.2) is 0 Å². The fraction of sp³-hybridized carbons (Fsp3) is 0.212. The Morgan fingerprint density at radius 3 is 2.02 bits per heavy atom. The second kappa shape index (κ2) is 13.1. The number of hydrogen-bond donors (Lipinski definition) is 3. The third-order valence-electron chi connectivity index (χ3n) is 6.55. The number of aliphatic hydroxyl groups is 1. The van der Waals surface area contributed by atoms with E-state index in [9.17, 15) is 23.7 Å². The van der Waals surface area contributed by atoms with E-state index in [0.29, 0.717) is 22.4 Å². The summed E-state index contributed by atoms with van der Waals surface area (Å²) in [5, 5.41) is 18.8. The molecule has 0 radical (unpaired) electrons. The van der Waals surface area contributed by atoms with Crippen LogP contribution < -0.4 is 0 Å². The van der Waals surface area contributed by atoms with Gasteiger partial charge in [0.05, 0.1) is 41.6 Å². The number of carboxylic acids is 1. The maximum Gasteiger partial charge on any atom is 0.305 e. The van der Waals surface area contributed by atoms with Crippen molar-refractivity contribution in [1.82, 2.24) is 4.98 Å². The lowest BCUT2D eigenvalue weighted by Crippen LogP contribution is -2.17. The van der Waals surface area contributed by atoms with Crippen LogP contribution in [0.4, 0.5) is 4.39 Å². The summed E-state index contributed by atoms with van der Waals surface area (Å²) in [6.45, 7) is 3.89. The molecule has 1 heterocycles. The minimum Gasteiger partial charge on any atom is -0.481 e. The lowest BCUT2D eigenvalue weighted by molar-refractivity contribution is -0.138. The van der Waals surface area contributed by atoms with Gasteiger partial charge in [-0.2, -0.15) is 0 Å². The molecule has 0 amide bonds. The van der Waals surface area contributed by atoms with Gasteiger partial charge in [0.2, 0.25) is 0 Å². The molecule has 4 rings (SSSR count). The highest BCUT2D eigenvalue weighted by Gasteiger charge is 2.25. The number of aromatic nitrogens is 1. The third kappa shape index (κ3) is 7.77. The van der Waals surface area contributed by atoms with Gasteiger partial charge in [-0.25, -0.2) is 4.39 Å². The lowest BCUT2D eigenvalue weighted by Gasteiger charge is -2.22. The standard InChI is InChI=1S/C33H31FNO5P/c1-22(2)33-28(17-18-41(39,40)21-27(36)19-31(37)38)29(23-13-15-26(34)16-14-23)20-30(35-33)32(24-9-5-3-6-10-24)25-11-7-4-8-12-25/h3-16,20,22,27,32,36H,19,21H2,1-2H3,(H,37,38)(H,39,40)/t27-/m1/s1. The summed E-state index contributed by atoms with van der Waals surface area (Å²) in [4.78, 5) is 26.5. The number of nitrogens with zero attached hydrogens (tertiary/aromatic N) is 1. The van der Waals surface area contributed by atoms with Gasteiger partial charge in [0.25, 0.3) is 7.37 Å². The number of carbonyl (C=O) groups is 1. The summed E-state index contributed by atoms with van der Waals surface area (Å²) in [5.41, 5.74) is 7.47. The molecule has 0 aliphatic carbocycles. The van der Waals surface area contributed by atoms with Crippen LogP contribution >= 0.6 is 7.37 Å². The lowest BCUT2D eigenvalue weighted by atomic mass is 9.85. The summed E-state index contributed by atoms with van der Waals surface area (Å²) >= 11 is 0. The first-order valence-electron chi connectivity index (χ1n) is 13.2. The van der Waals surface area contributed by atoms with Crippen LogP contribution in [0, 0.1) is 17.4 Å². The molecule has 0 saturated heterocycles. The monoisotopic (exact) mass is 571 g/mol. The van der Waals surface area contributed by atoms with Crippen LogP contribution in [0.25, 0.3) is 11.1 Å². The number of aliphatic hydroxyl groups excluding tert-OH is 1. The average molecular weight is 572 g/mol. The molecule has 4 aromatic rings. The zero-order valence-corrected chi connectivity index (χ0v) is 23.6. The second-order valence-electron chi connectivity index (χ2n) is 10.1. The Morgan fingerprint density at radius 2 is 1.51 bits per heavy atom. The average Bonchev–Trinajstić information content (AvgIpc) is 2.93. The van der Waals surface area contributed by atoms with Gasteiger partial charge in [-0.1, -0.05) is 92.6 Å². The summed E-state index contributed by atoms with van der Waals surface area (Å²) in [6.07, 6.45) is -2.86. The molecule has 0 spiro atoms. The number of aliphatic carboxylic acids is 1. The molecule has 3 aromatic carbocycles. The van der Waals surface area contributed by atoms with Crippen LogP contribution in [-0.2, 0) is 9.36 Å². The molecule has 0 bridgehead atoms. The quantitative estimate of drug-likeness (QED) is 0.154. The molecule has 8 heteroatoms. The Kier molecular flexibility index (Phi) is 9.52. The van der Waals surface area contributed by atoms with E-state index in [1.807, 2.05) is 80.6 Å². The van der Waals surface area contributed by atoms with Crippen molar-refractivity contribution in [3.63, 3.8) is 0 Å². The zero-order valence-electron chi connectivity index (χ0n) is 22.7.